The highest BCUT2D eigenvalue weighted by Gasteiger charge is 2.19. The van der Waals surface area contributed by atoms with Gasteiger partial charge in [-0.2, -0.15) is 4.98 Å². The second-order valence-electron chi connectivity index (χ2n) is 7.06. The van der Waals surface area contributed by atoms with Crippen LogP contribution in [0.15, 0.2) is 18.6 Å². The van der Waals surface area contributed by atoms with E-state index in [1.165, 1.54) is 13.3 Å². The number of carbonyl (C=O) groups is 1. The van der Waals surface area contributed by atoms with Gasteiger partial charge in [-0.25, -0.2) is 15.0 Å². The van der Waals surface area contributed by atoms with E-state index in [9.17, 15) is 4.79 Å². The normalized spacial score (nSPS) is 14.7. The number of imidazole rings is 1. The molecule has 1 aliphatic rings. The smallest absolute Gasteiger partial charge is 0.263 e. The average Bonchev–Trinajstić information content (AvgIpc) is 3.09. The largest absolute Gasteiger partial charge is 0.480 e. The van der Waals surface area contributed by atoms with E-state index in [2.05, 4.69) is 35.9 Å². The minimum absolute atomic E-state index is 0.213. The molecule has 0 unspecified atom stereocenters. The van der Waals surface area contributed by atoms with Crippen molar-refractivity contribution in [1.82, 2.24) is 29.7 Å². The predicted molar refractivity (Wildman–Crippen MR) is 109 cm³/mol. The van der Waals surface area contributed by atoms with Crippen molar-refractivity contribution in [2.24, 2.45) is 0 Å². The van der Waals surface area contributed by atoms with Crippen molar-refractivity contribution in [2.45, 2.75) is 32.7 Å². The number of nitrogens with zero attached hydrogens (tertiary/aromatic N) is 5. The zero-order chi connectivity index (χ0) is 20.4. The number of rotatable bonds is 5. The lowest BCUT2D eigenvalue weighted by atomic mass is 10.1. The van der Waals surface area contributed by atoms with Gasteiger partial charge in [0.05, 0.1) is 24.7 Å². The van der Waals surface area contributed by atoms with E-state index in [-0.39, 0.29) is 11.4 Å². The summed E-state index contributed by atoms with van der Waals surface area (Å²) in [5, 5.41) is 9.41. The molecule has 0 bridgehead atoms. The molecule has 1 fully saturated rings. The van der Waals surface area contributed by atoms with Crippen LogP contribution in [0.3, 0.4) is 0 Å². The minimum atomic E-state index is -0.390. The Balaban J connectivity index is 1.53. The monoisotopic (exact) mass is 396 g/mol. The van der Waals surface area contributed by atoms with Crippen LogP contribution in [0.2, 0.25) is 0 Å². The molecule has 1 amide bonds. The summed E-state index contributed by atoms with van der Waals surface area (Å²) >= 11 is 0. The van der Waals surface area contributed by atoms with Crippen LogP contribution in [-0.2, 0) is 0 Å². The van der Waals surface area contributed by atoms with Crippen molar-refractivity contribution in [1.29, 1.82) is 0 Å². The number of methoxy groups -OCH3 is 1. The van der Waals surface area contributed by atoms with E-state index >= 15 is 0 Å². The maximum atomic E-state index is 12.8. The van der Waals surface area contributed by atoms with Gasteiger partial charge in [-0.3, -0.25) is 4.79 Å². The molecule has 3 aromatic heterocycles. The second kappa shape index (κ2) is 8.00. The zero-order valence-corrected chi connectivity index (χ0v) is 16.7. The van der Waals surface area contributed by atoms with Crippen LogP contribution in [0, 0.1) is 13.8 Å². The molecule has 0 aliphatic carbocycles. The van der Waals surface area contributed by atoms with E-state index < -0.39 is 5.91 Å². The molecule has 4 rings (SSSR count). The van der Waals surface area contributed by atoms with E-state index in [0.29, 0.717) is 17.8 Å². The molecule has 0 aromatic carbocycles. The number of fused-ring (bicyclic) bond motifs is 1. The van der Waals surface area contributed by atoms with Gasteiger partial charge in [0.2, 0.25) is 11.8 Å². The number of hydrogen-bond donors (Lipinski definition) is 3. The first-order valence-electron chi connectivity index (χ1n) is 9.56. The number of nitrogens with one attached hydrogen (secondary N) is 3. The number of aromatic nitrogens is 5. The van der Waals surface area contributed by atoms with Crippen LogP contribution in [0.25, 0.3) is 5.65 Å². The van der Waals surface area contributed by atoms with Gasteiger partial charge in [0.15, 0.2) is 5.65 Å². The SMILES string of the molecule is COc1nc(NC2CCNCC2)ncc1C(=O)Nc1cn2cc(C)nc2c(C)n1. The van der Waals surface area contributed by atoms with Crippen LogP contribution >= 0.6 is 0 Å². The van der Waals surface area contributed by atoms with Crippen molar-refractivity contribution in [3.8, 4) is 5.88 Å². The number of ether oxygens (including phenoxy) is 1. The number of piperidine rings is 1. The van der Waals surface area contributed by atoms with Gasteiger partial charge < -0.3 is 25.1 Å². The molecular formula is C19H24N8O2. The van der Waals surface area contributed by atoms with E-state index in [0.717, 1.165) is 43.0 Å². The summed E-state index contributed by atoms with van der Waals surface area (Å²) < 4.78 is 7.17. The molecule has 0 spiro atoms. The highest BCUT2D eigenvalue weighted by Crippen LogP contribution is 2.20. The third-order valence-corrected chi connectivity index (χ3v) is 4.83. The molecule has 4 heterocycles. The number of anilines is 2. The lowest BCUT2D eigenvalue weighted by Crippen LogP contribution is -2.35. The molecule has 1 aliphatic heterocycles. The third kappa shape index (κ3) is 4.11. The number of carbonyl (C=O) groups excluding carboxylic acids is 1. The Kier molecular flexibility index (Phi) is 5.26. The maximum absolute atomic E-state index is 12.8. The van der Waals surface area contributed by atoms with Crippen LogP contribution in [-0.4, -0.2) is 56.5 Å². The summed E-state index contributed by atoms with van der Waals surface area (Å²) in [6.45, 7) is 5.68. The highest BCUT2D eigenvalue weighted by atomic mass is 16.5. The third-order valence-electron chi connectivity index (χ3n) is 4.83. The average molecular weight is 396 g/mol. The maximum Gasteiger partial charge on any atom is 0.263 e. The Morgan fingerprint density at radius 3 is 2.76 bits per heavy atom. The molecule has 0 saturated carbocycles. The van der Waals surface area contributed by atoms with Crippen molar-refractivity contribution < 1.29 is 9.53 Å². The summed E-state index contributed by atoms with van der Waals surface area (Å²) in [5.74, 6) is 0.689. The predicted octanol–water partition coefficient (Wildman–Crippen LogP) is 1.56. The Morgan fingerprint density at radius 2 is 2.00 bits per heavy atom. The fraction of sp³-hybridized carbons (Fsp3) is 0.421. The van der Waals surface area contributed by atoms with Gasteiger partial charge in [0.25, 0.3) is 5.91 Å². The Bertz CT molecular complexity index is 1040. The first-order valence-corrected chi connectivity index (χ1v) is 9.56. The lowest BCUT2D eigenvalue weighted by molar-refractivity contribution is 0.102. The fourth-order valence-corrected chi connectivity index (χ4v) is 3.41. The quantitative estimate of drug-likeness (QED) is 0.595. The zero-order valence-electron chi connectivity index (χ0n) is 16.7. The van der Waals surface area contributed by atoms with E-state index in [1.54, 1.807) is 6.20 Å². The van der Waals surface area contributed by atoms with Crippen molar-refractivity contribution in [2.75, 3.05) is 30.8 Å². The highest BCUT2D eigenvalue weighted by molar-refractivity contribution is 6.05. The first kappa shape index (κ1) is 19.1. The van der Waals surface area contributed by atoms with Gasteiger partial charge in [-0.15, -0.1) is 0 Å². The Hall–Kier alpha value is -3.27. The topological polar surface area (TPSA) is 118 Å². The minimum Gasteiger partial charge on any atom is -0.480 e. The van der Waals surface area contributed by atoms with Crippen LogP contribution in [0.5, 0.6) is 5.88 Å². The number of amides is 1. The van der Waals surface area contributed by atoms with Gasteiger partial charge in [0, 0.05) is 18.4 Å². The summed E-state index contributed by atoms with van der Waals surface area (Å²) in [6, 6.07) is 0.304. The van der Waals surface area contributed by atoms with Gasteiger partial charge in [-0.1, -0.05) is 0 Å². The Labute approximate surface area is 168 Å². The van der Waals surface area contributed by atoms with E-state index in [1.807, 2.05) is 24.4 Å². The van der Waals surface area contributed by atoms with E-state index in [4.69, 9.17) is 4.74 Å². The van der Waals surface area contributed by atoms with Gasteiger partial charge in [-0.05, 0) is 39.8 Å². The molecule has 3 aromatic rings. The summed E-state index contributed by atoms with van der Waals surface area (Å²) in [4.78, 5) is 30.3. The number of aryl methyl sites for hydroxylation is 2. The molecule has 1 saturated heterocycles. The van der Waals surface area contributed by atoms with Crippen LogP contribution < -0.4 is 20.7 Å². The van der Waals surface area contributed by atoms with Crippen LogP contribution in [0.1, 0.15) is 34.6 Å². The van der Waals surface area contributed by atoms with Gasteiger partial charge in [0.1, 0.15) is 11.4 Å². The molecular weight excluding hydrogens is 372 g/mol. The first-order chi connectivity index (χ1) is 14.0. The lowest BCUT2D eigenvalue weighted by Gasteiger charge is -2.23. The van der Waals surface area contributed by atoms with Gasteiger partial charge >= 0.3 is 0 Å². The summed E-state index contributed by atoms with van der Waals surface area (Å²) in [6.07, 6.45) is 7.06. The number of hydrogen-bond acceptors (Lipinski definition) is 8. The molecule has 10 nitrogen and oxygen atoms in total. The molecule has 152 valence electrons. The summed E-state index contributed by atoms with van der Waals surface area (Å²) in [5.41, 5.74) is 2.60. The van der Waals surface area contributed by atoms with Crippen molar-refractivity contribution in [3.05, 3.63) is 35.5 Å². The molecule has 0 atom stereocenters. The van der Waals surface area contributed by atoms with Crippen LogP contribution in [0.4, 0.5) is 11.8 Å². The molecule has 3 N–H and O–H groups in total. The van der Waals surface area contributed by atoms with Crippen molar-refractivity contribution >= 4 is 23.3 Å². The molecule has 10 heteroatoms. The fourth-order valence-electron chi connectivity index (χ4n) is 3.41. The summed E-state index contributed by atoms with van der Waals surface area (Å²) in [7, 11) is 1.48. The second-order valence-corrected chi connectivity index (χ2v) is 7.06. The molecule has 29 heavy (non-hydrogen) atoms. The Morgan fingerprint density at radius 1 is 1.21 bits per heavy atom. The standard InChI is InChI=1S/C19H24N8O2/c1-11-9-27-10-15(23-12(2)16(27)22-11)25-17(28)14-8-21-19(26-18(14)29-3)24-13-4-6-20-7-5-13/h8-10,13,20H,4-7H2,1-3H3,(H,25,28)(H,21,24,26). The van der Waals surface area contributed by atoms with Crippen molar-refractivity contribution in [3.63, 3.8) is 0 Å². The molecule has 0 radical (unpaired) electrons.